The van der Waals surface area contributed by atoms with Crippen LogP contribution < -0.4 is 5.32 Å². The van der Waals surface area contributed by atoms with Crippen molar-refractivity contribution < 1.29 is 59.0 Å². The van der Waals surface area contributed by atoms with Crippen molar-refractivity contribution in [2.24, 2.45) is 0 Å². The van der Waals surface area contributed by atoms with Gasteiger partial charge in [-0.05, 0) is 44.9 Å². The van der Waals surface area contributed by atoms with Crippen LogP contribution in [0.5, 0.6) is 0 Å². The molecule has 1 fully saturated rings. The summed E-state index contributed by atoms with van der Waals surface area (Å²) in [5.41, 5.74) is 0. The number of nitrogens with one attached hydrogen (secondary N) is 1. The summed E-state index contributed by atoms with van der Waals surface area (Å²) in [6.07, 6.45) is 37.8. The highest BCUT2D eigenvalue weighted by molar-refractivity contribution is 7.47. The van der Waals surface area contributed by atoms with Crippen molar-refractivity contribution in [3.63, 3.8) is 0 Å². The van der Waals surface area contributed by atoms with Gasteiger partial charge in [-0.25, -0.2) is 4.57 Å². The average molecular weight is 1000 g/mol. The first-order valence-corrected chi connectivity index (χ1v) is 29.9. The molecule has 14 heteroatoms. The Morgan fingerprint density at radius 1 is 0.507 bits per heavy atom. The van der Waals surface area contributed by atoms with Gasteiger partial charge in [-0.1, -0.05) is 231 Å². The topological polar surface area (TPSA) is 226 Å². The number of carbonyl (C=O) groups is 1. The summed E-state index contributed by atoms with van der Waals surface area (Å²) in [6, 6.07) is -1.16. The summed E-state index contributed by atoms with van der Waals surface area (Å²) < 4.78 is 23.0. The molecule has 0 heterocycles. The van der Waals surface area contributed by atoms with E-state index in [1.807, 2.05) is 0 Å². The number of aliphatic hydroxyl groups is 7. The number of aliphatic hydroxyl groups excluding tert-OH is 7. The Morgan fingerprint density at radius 2 is 0.855 bits per heavy atom. The second-order valence-electron chi connectivity index (χ2n) is 20.3. The molecule has 0 bridgehead atoms. The van der Waals surface area contributed by atoms with Crippen LogP contribution in [0.2, 0.25) is 0 Å². The van der Waals surface area contributed by atoms with Crippen LogP contribution in [0.1, 0.15) is 258 Å². The van der Waals surface area contributed by atoms with Crippen LogP contribution in [-0.4, -0.2) is 108 Å². The van der Waals surface area contributed by atoms with E-state index in [2.05, 4.69) is 43.5 Å². The van der Waals surface area contributed by atoms with Gasteiger partial charge in [-0.3, -0.25) is 13.8 Å². The smallest absolute Gasteiger partial charge is 0.393 e. The molecule has 1 amide bonds. The summed E-state index contributed by atoms with van der Waals surface area (Å²) in [6.45, 7) is 3.83. The lowest BCUT2D eigenvalue weighted by Crippen LogP contribution is -2.64. The Hall–Kier alpha value is -1.22. The molecule has 13 nitrogen and oxygen atoms in total. The summed E-state index contributed by atoms with van der Waals surface area (Å²) >= 11 is 0. The SMILES string of the molecule is CCCCCCCCCCC/C=C\C/C=C\CCCCCCCC(O)CC(=O)NC(COP(=O)(O)OC1C(O)C(O)C(O)C(O)C1O)C(O)CCCCCCCCCCCCCCCCCCCC. The molecule has 0 aromatic rings. The first-order valence-electron chi connectivity index (χ1n) is 28.4. The molecule has 0 spiro atoms. The quantitative estimate of drug-likeness (QED) is 0.0158. The van der Waals surface area contributed by atoms with Gasteiger partial charge in [0.15, 0.2) is 0 Å². The maximum Gasteiger partial charge on any atom is 0.472 e. The van der Waals surface area contributed by atoms with Crippen molar-refractivity contribution in [3.8, 4) is 0 Å². The Balaban J connectivity index is 2.42. The van der Waals surface area contributed by atoms with Gasteiger partial charge in [0.2, 0.25) is 5.91 Å². The highest BCUT2D eigenvalue weighted by Crippen LogP contribution is 2.47. The lowest BCUT2D eigenvalue weighted by atomic mass is 9.85. The van der Waals surface area contributed by atoms with Crippen molar-refractivity contribution in [2.45, 2.75) is 313 Å². The van der Waals surface area contributed by atoms with E-state index < -0.39 is 75.2 Å². The molecule has 0 aromatic heterocycles. The molecule has 1 aliphatic rings. The highest BCUT2D eigenvalue weighted by Gasteiger charge is 2.51. The standard InChI is InChI=1S/C55H106NO12P/c1-3-5-7-9-11-13-15-17-19-21-23-24-25-26-28-30-32-34-36-38-40-42-46(57)44-49(59)56-47(45-67-69(65,66)68-55-53(63)51(61)50(60)52(62)54(55)64)48(58)43-41-39-37-35-33-31-29-27-22-20-18-16-14-12-10-8-6-4-2/h23-24,26,28,46-48,50-55,57-58,60-64H,3-22,25,27,29-45H2,1-2H3,(H,56,59)(H,65,66)/b24-23-,28-26-. The summed E-state index contributed by atoms with van der Waals surface area (Å²) in [5.74, 6) is -0.565. The van der Waals surface area contributed by atoms with Gasteiger partial charge < -0.3 is 46.0 Å². The number of hydrogen-bond acceptors (Lipinski definition) is 11. The molecule has 0 saturated heterocycles. The zero-order valence-electron chi connectivity index (χ0n) is 43.7. The van der Waals surface area contributed by atoms with Crippen molar-refractivity contribution in [1.29, 1.82) is 0 Å². The zero-order chi connectivity index (χ0) is 50.8. The predicted molar refractivity (Wildman–Crippen MR) is 280 cm³/mol. The number of rotatable bonds is 48. The average Bonchev–Trinajstić information content (AvgIpc) is 3.32. The maximum atomic E-state index is 13.1. The fourth-order valence-corrected chi connectivity index (χ4v) is 10.2. The predicted octanol–water partition coefficient (Wildman–Crippen LogP) is 11.5. The lowest BCUT2D eigenvalue weighted by molar-refractivity contribution is -0.220. The van der Waals surface area contributed by atoms with Crippen LogP contribution in [0.4, 0.5) is 0 Å². The van der Waals surface area contributed by atoms with Crippen LogP contribution >= 0.6 is 7.82 Å². The minimum atomic E-state index is -5.13. The third kappa shape index (κ3) is 35.6. The van der Waals surface area contributed by atoms with Gasteiger partial charge in [-0.15, -0.1) is 0 Å². The fourth-order valence-electron chi connectivity index (χ4n) is 9.22. The number of phosphoric acid groups is 1. The van der Waals surface area contributed by atoms with Gasteiger partial charge in [0, 0.05) is 0 Å². The number of hydrogen-bond donors (Lipinski definition) is 9. The number of allylic oxidation sites excluding steroid dienone is 4. The number of phosphoric ester groups is 1. The van der Waals surface area contributed by atoms with Gasteiger partial charge >= 0.3 is 7.82 Å². The molecule has 1 aliphatic carbocycles. The normalized spacial score (nSPS) is 22.1. The molecule has 1 saturated carbocycles. The monoisotopic (exact) mass is 1000 g/mol. The highest BCUT2D eigenvalue weighted by atomic mass is 31.2. The van der Waals surface area contributed by atoms with Crippen molar-refractivity contribution >= 4 is 13.7 Å². The molecule has 1 rings (SSSR count). The summed E-state index contributed by atoms with van der Waals surface area (Å²) in [5, 5.41) is 75.0. The first-order chi connectivity index (χ1) is 33.3. The van der Waals surface area contributed by atoms with Gasteiger partial charge in [0.1, 0.15) is 36.6 Å². The summed E-state index contributed by atoms with van der Waals surface area (Å²) in [4.78, 5) is 23.6. The Kier molecular flexibility index (Phi) is 42.2. The second-order valence-corrected chi connectivity index (χ2v) is 21.7. The first kappa shape index (κ1) is 65.8. The van der Waals surface area contributed by atoms with Gasteiger partial charge in [0.25, 0.3) is 0 Å². The van der Waals surface area contributed by atoms with Crippen LogP contribution in [-0.2, 0) is 18.4 Å². The van der Waals surface area contributed by atoms with E-state index in [1.54, 1.807) is 0 Å². The lowest BCUT2D eigenvalue weighted by Gasteiger charge is -2.41. The fraction of sp³-hybridized carbons (Fsp3) is 0.909. The molecular weight excluding hydrogens is 898 g/mol. The van der Waals surface area contributed by atoms with E-state index >= 15 is 0 Å². The molecule has 408 valence electrons. The minimum absolute atomic E-state index is 0.229. The van der Waals surface area contributed by atoms with Crippen LogP contribution in [0, 0.1) is 0 Å². The number of carbonyl (C=O) groups excluding carboxylic acids is 1. The molecule has 9 N–H and O–H groups in total. The molecule has 0 aliphatic heterocycles. The molecule has 0 radical (unpaired) electrons. The number of amides is 1. The van der Waals surface area contributed by atoms with E-state index in [0.29, 0.717) is 12.8 Å². The van der Waals surface area contributed by atoms with Crippen molar-refractivity contribution in [1.82, 2.24) is 5.32 Å². The Morgan fingerprint density at radius 3 is 1.26 bits per heavy atom. The molecule has 69 heavy (non-hydrogen) atoms. The van der Waals surface area contributed by atoms with Crippen molar-refractivity contribution in [2.75, 3.05) is 6.61 Å². The van der Waals surface area contributed by atoms with Crippen LogP contribution in [0.3, 0.4) is 0 Å². The zero-order valence-corrected chi connectivity index (χ0v) is 44.6. The van der Waals surface area contributed by atoms with E-state index in [4.69, 9.17) is 9.05 Å². The third-order valence-electron chi connectivity index (χ3n) is 13.8. The van der Waals surface area contributed by atoms with Crippen LogP contribution in [0.15, 0.2) is 24.3 Å². The number of unbranched alkanes of at least 4 members (excludes halogenated alkanes) is 31. The van der Waals surface area contributed by atoms with E-state index in [0.717, 1.165) is 70.6 Å². The minimum Gasteiger partial charge on any atom is -0.393 e. The van der Waals surface area contributed by atoms with E-state index in [9.17, 15) is 50.0 Å². The molecular formula is C55H106NO12P. The molecule has 8 atom stereocenters. The van der Waals surface area contributed by atoms with Gasteiger partial charge in [-0.2, -0.15) is 0 Å². The van der Waals surface area contributed by atoms with Crippen molar-refractivity contribution in [3.05, 3.63) is 24.3 Å². The maximum absolute atomic E-state index is 13.1. The second kappa shape index (κ2) is 44.3. The Labute approximate surface area is 420 Å². The van der Waals surface area contributed by atoms with E-state index in [1.165, 1.54) is 148 Å². The third-order valence-corrected chi connectivity index (χ3v) is 14.8. The Bertz CT molecular complexity index is 1270. The van der Waals surface area contributed by atoms with Crippen LogP contribution in [0.25, 0.3) is 0 Å². The largest absolute Gasteiger partial charge is 0.472 e. The summed E-state index contributed by atoms with van der Waals surface area (Å²) in [7, 11) is -5.13. The van der Waals surface area contributed by atoms with Gasteiger partial charge in [0.05, 0.1) is 31.3 Å². The van der Waals surface area contributed by atoms with E-state index in [-0.39, 0.29) is 12.8 Å². The molecule has 0 aromatic carbocycles. The molecule has 8 unspecified atom stereocenters.